The summed E-state index contributed by atoms with van der Waals surface area (Å²) in [6, 6.07) is 2.78. The fraction of sp³-hybridized carbons (Fsp3) is 0.538. The first-order valence-electron chi connectivity index (χ1n) is 6.08. The van der Waals surface area contributed by atoms with Gasteiger partial charge in [-0.15, -0.1) is 0 Å². The quantitative estimate of drug-likeness (QED) is 0.857. The van der Waals surface area contributed by atoms with Gasteiger partial charge in [0, 0.05) is 19.2 Å². The Morgan fingerprint density at radius 3 is 2.68 bits per heavy atom. The second-order valence-electron chi connectivity index (χ2n) is 4.65. The van der Waals surface area contributed by atoms with Crippen molar-refractivity contribution in [2.75, 3.05) is 6.61 Å². The third-order valence-electron chi connectivity index (χ3n) is 3.31. The van der Waals surface area contributed by atoms with Crippen LogP contribution in [0.5, 0.6) is 0 Å². The number of ether oxygens (including phenoxy) is 1. The molecule has 1 aromatic carbocycles. The van der Waals surface area contributed by atoms with E-state index in [1.54, 1.807) is 0 Å². The standard InChI is InChI=1S/C13H15F4NO/c1-8-12(4-5-19-8)18-7-9-2-3-10(14)6-11(9)13(15,16)17/h2-3,6,8,12,18H,4-5,7H2,1H3. The SMILES string of the molecule is CC1OCCC1NCc1ccc(F)cc1C(F)(F)F. The molecular weight excluding hydrogens is 262 g/mol. The Bertz CT molecular complexity index is 447. The molecular formula is C13H15F4NO. The minimum Gasteiger partial charge on any atom is -0.377 e. The van der Waals surface area contributed by atoms with E-state index in [1.807, 2.05) is 6.92 Å². The van der Waals surface area contributed by atoms with Crippen molar-refractivity contribution >= 4 is 0 Å². The van der Waals surface area contributed by atoms with E-state index >= 15 is 0 Å². The van der Waals surface area contributed by atoms with Crippen LogP contribution in [0.15, 0.2) is 18.2 Å². The Hall–Kier alpha value is -1.14. The molecule has 0 amide bonds. The summed E-state index contributed by atoms with van der Waals surface area (Å²) < 4.78 is 56.6. The highest BCUT2D eigenvalue weighted by Crippen LogP contribution is 2.32. The molecule has 1 N–H and O–H groups in total. The summed E-state index contributed by atoms with van der Waals surface area (Å²) in [7, 11) is 0. The molecule has 0 aromatic heterocycles. The van der Waals surface area contributed by atoms with Gasteiger partial charge in [-0.3, -0.25) is 0 Å². The van der Waals surface area contributed by atoms with E-state index in [0.29, 0.717) is 12.7 Å². The molecule has 2 nitrogen and oxygen atoms in total. The molecule has 1 heterocycles. The lowest BCUT2D eigenvalue weighted by Gasteiger charge is -2.18. The van der Waals surface area contributed by atoms with Crippen molar-refractivity contribution in [3.63, 3.8) is 0 Å². The fourth-order valence-electron chi connectivity index (χ4n) is 2.21. The Morgan fingerprint density at radius 2 is 2.11 bits per heavy atom. The second kappa shape index (κ2) is 5.46. The van der Waals surface area contributed by atoms with Crippen LogP contribution in [0.4, 0.5) is 17.6 Å². The summed E-state index contributed by atoms with van der Waals surface area (Å²) in [4.78, 5) is 0. The van der Waals surface area contributed by atoms with Gasteiger partial charge in [0.15, 0.2) is 0 Å². The van der Waals surface area contributed by atoms with Gasteiger partial charge in [-0.1, -0.05) is 6.07 Å². The molecule has 19 heavy (non-hydrogen) atoms. The molecule has 1 saturated heterocycles. The van der Waals surface area contributed by atoms with E-state index in [-0.39, 0.29) is 24.3 Å². The number of hydrogen-bond acceptors (Lipinski definition) is 2. The third-order valence-corrected chi connectivity index (χ3v) is 3.31. The molecule has 1 aromatic rings. The van der Waals surface area contributed by atoms with E-state index in [0.717, 1.165) is 12.5 Å². The van der Waals surface area contributed by atoms with Gasteiger partial charge in [0.1, 0.15) is 5.82 Å². The third kappa shape index (κ3) is 3.45. The van der Waals surface area contributed by atoms with E-state index < -0.39 is 17.6 Å². The zero-order valence-electron chi connectivity index (χ0n) is 10.4. The van der Waals surface area contributed by atoms with Gasteiger partial charge in [0.05, 0.1) is 11.7 Å². The van der Waals surface area contributed by atoms with Gasteiger partial charge in [-0.05, 0) is 31.0 Å². The number of alkyl halides is 3. The highest BCUT2D eigenvalue weighted by atomic mass is 19.4. The molecule has 2 rings (SSSR count). The summed E-state index contributed by atoms with van der Waals surface area (Å²) in [5, 5.41) is 3.03. The Balaban J connectivity index is 2.11. The first-order chi connectivity index (χ1) is 8.88. The van der Waals surface area contributed by atoms with Crippen molar-refractivity contribution in [3.05, 3.63) is 35.1 Å². The maximum atomic E-state index is 12.9. The number of benzene rings is 1. The van der Waals surface area contributed by atoms with Gasteiger partial charge < -0.3 is 10.1 Å². The van der Waals surface area contributed by atoms with E-state index in [2.05, 4.69) is 5.32 Å². The van der Waals surface area contributed by atoms with Crippen molar-refractivity contribution in [2.24, 2.45) is 0 Å². The predicted octanol–water partition coefficient (Wildman–Crippen LogP) is 3.11. The number of hydrogen-bond donors (Lipinski definition) is 1. The van der Waals surface area contributed by atoms with Gasteiger partial charge in [0.2, 0.25) is 0 Å². The van der Waals surface area contributed by atoms with Crippen LogP contribution < -0.4 is 5.32 Å². The Kier molecular flexibility index (Phi) is 4.10. The highest BCUT2D eigenvalue weighted by molar-refractivity contribution is 5.30. The monoisotopic (exact) mass is 277 g/mol. The summed E-state index contributed by atoms with van der Waals surface area (Å²) >= 11 is 0. The highest BCUT2D eigenvalue weighted by Gasteiger charge is 2.34. The molecule has 0 spiro atoms. The van der Waals surface area contributed by atoms with Crippen molar-refractivity contribution < 1.29 is 22.3 Å². The molecule has 6 heteroatoms. The van der Waals surface area contributed by atoms with Crippen LogP contribution in [-0.4, -0.2) is 18.8 Å². The lowest BCUT2D eigenvalue weighted by Crippen LogP contribution is -2.34. The van der Waals surface area contributed by atoms with Crippen molar-refractivity contribution in [3.8, 4) is 0 Å². The largest absolute Gasteiger partial charge is 0.416 e. The summed E-state index contributed by atoms with van der Waals surface area (Å²) in [5.74, 6) is -0.881. The van der Waals surface area contributed by atoms with Crippen molar-refractivity contribution in [1.29, 1.82) is 0 Å². The first kappa shape index (κ1) is 14.3. The number of rotatable bonds is 3. The molecule has 0 radical (unpaired) electrons. The maximum absolute atomic E-state index is 12.9. The molecule has 1 aliphatic rings. The molecule has 106 valence electrons. The second-order valence-corrected chi connectivity index (χ2v) is 4.65. The number of nitrogens with one attached hydrogen (secondary N) is 1. The van der Waals surface area contributed by atoms with E-state index in [4.69, 9.17) is 4.74 Å². The smallest absolute Gasteiger partial charge is 0.377 e. The van der Waals surface area contributed by atoms with Crippen LogP contribution in [0, 0.1) is 5.82 Å². The van der Waals surface area contributed by atoms with Crippen LogP contribution >= 0.6 is 0 Å². The summed E-state index contributed by atoms with van der Waals surface area (Å²) in [6.45, 7) is 2.53. The summed E-state index contributed by atoms with van der Waals surface area (Å²) in [5.41, 5.74) is -0.875. The van der Waals surface area contributed by atoms with Crippen molar-refractivity contribution in [1.82, 2.24) is 5.32 Å². The summed E-state index contributed by atoms with van der Waals surface area (Å²) in [6.07, 6.45) is -3.80. The van der Waals surface area contributed by atoms with Gasteiger partial charge >= 0.3 is 6.18 Å². The molecule has 0 saturated carbocycles. The fourth-order valence-corrected chi connectivity index (χ4v) is 2.21. The molecule has 2 unspecified atom stereocenters. The maximum Gasteiger partial charge on any atom is 0.416 e. The predicted molar refractivity (Wildman–Crippen MR) is 62.1 cm³/mol. The Morgan fingerprint density at radius 1 is 1.37 bits per heavy atom. The van der Waals surface area contributed by atoms with E-state index in [1.165, 1.54) is 6.07 Å². The van der Waals surface area contributed by atoms with Crippen molar-refractivity contribution in [2.45, 2.75) is 38.2 Å². The lowest BCUT2D eigenvalue weighted by atomic mass is 10.1. The average Bonchev–Trinajstić information content (AvgIpc) is 2.72. The molecule has 1 fully saturated rings. The molecule has 2 atom stereocenters. The van der Waals surface area contributed by atoms with Crippen LogP contribution in [0.2, 0.25) is 0 Å². The Labute approximate surface area is 108 Å². The molecule has 0 aliphatic carbocycles. The molecule has 0 bridgehead atoms. The van der Waals surface area contributed by atoms with Crippen LogP contribution in [0.1, 0.15) is 24.5 Å². The van der Waals surface area contributed by atoms with Gasteiger partial charge in [-0.25, -0.2) is 4.39 Å². The van der Waals surface area contributed by atoms with Gasteiger partial charge in [-0.2, -0.15) is 13.2 Å². The van der Waals surface area contributed by atoms with Crippen LogP contribution in [0.25, 0.3) is 0 Å². The zero-order chi connectivity index (χ0) is 14.0. The topological polar surface area (TPSA) is 21.3 Å². The normalized spacial score (nSPS) is 23.8. The molecule has 1 aliphatic heterocycles. The minimum absolute atomic E-state index is 0.0187. The lowest BCUT2D eigenvalue weighted by molar-refractivity contribution is -0.138. The van der Waals surface area contributed by atoms with E-state index in [9.17, 15) is 17.6 Å². The van der Waals surface area contributed by atoms with Gasteiger partial charge in [0.25, 0.3) is 0 Å². The zero-order valence-corrected chi connectivity index (χ0v) is 10.4. The average molecular weight is 277 g/mol. The number of halogens is 4. The minimum atomic E-state index is -4.54. The van der Waals surface area contributed by atoms with Crippen LogP contribution in [-0.2, 0) is 17.5 Å². The first-order valence-corrected chi connectivity index (χ1v) is 6.08. The van der Waals surface area contributed by atoms with Crippen LogP contribution in [0.3, 0.4) is 0 Å².